The van der Waals surface area contributed by atoms with Gasteiger partial charge in [-0.05, 0) is 86.0 Å². The second-order valence-corrected chi connectivity index (χ2v) is 16.9. The molecule has 5 heteroatoms. The van der Waals surface area contributed by atoms with Crippen molar-refractivity contribution in [3.63, 3.8) is 0 Å². The second kappa shape index (κ2) is 12.9. The third-order valence-electron chi connectivity index (χ3n) is 13.7. The Morgan fingerprint density at radius 1 is 0.460 bits per heavy atom. The van der Waals surface area contributed by atoms with Crippen LogP contribution in [0.25, 0.3) is 77.1 Å². The number of benzene rings is 9. The number of amidine groups is 1. The molecular formula is C58H36N4O. The van der Waals surface area contributed by atoms with Crippen molar-refractivity contribution in [3.8, 4) is 33.4 Å². The van der Waals surface area contributed by atoms with E-state index < -0.39 is 11.6 Å². The second-order valence-electron chi connectivity index (χ2n) is 16.9. The Labute approximate surface area is 362 Å². The van der Waals surface area contributed by atoms with Gasteiger partial charge in [0.15, 0.2) is 5.84 Å². The van der Waals surface area contributed by atoms with Crippen LogP contribution in [0.2, 0.25) is 0 Å². The standard InChI is InChI=1S/C58H36N4O/c1-3-15-35(16-4-1)37-27-29-42-43-30-28-38(34-52(43)63-51(42)33-37)56-59-55(36-17-5-2-6-18-36)60-57(61-56)62-50-26-14-10-21-41(50)44-31-32-49-53(54(44)62)45-22-9-13-25-48(45)58(49)46-23-11-7-19-39(46)40-20-8-12-24-47(40)58/h1-34,55H,(H,59,60,61). The van der Waals surface area contributed by atoms with Crippen molar-refractivity contribution in [1.29, 1.82) is 0 Å². The van der Waals surface area contributed by atoms with Crippen LogP contribution in [0.5, 0.6) is 0 Å². The highest BCUT2D eigenvalue weighted by atomic mass is 16.3. The molecule has 3 heterocycles. The minimum Gasteiger partial charge on any atom is -0.456 e. The first-order valence-electron chi connectivity index (χ1n) is 21.6. The quantitative estimate of drug-likeness (QED) is 0.193. The number of nitrogens with one attached hydrogen (secondary N) is 1. The molecular weight excluding hydrogens is 769 g/mol. The Balaban J connectivity index is 1.01. The molecule has 0 fully saturated rings. The summed E-state index contributed by atoms with van der Waals surface area (Å²) in [4.78, 5) is 10.8. The van der Waals surface area contributed by atoms with Crippen LogP contribution in [-0.4, -0.2) is 16.4 Å². The molecule has 0 amide bonds. The normalized spacial score (nSPS) is 15.6. The van der Waals surface area contributed by atoms with Crippen LogP contribution >= 0.6 is 0 Å². The Bertz CT molecular complexity index is 3730. The van der Waals surface area contributed by atoms with Gasteiger partial charge in [-0.2, -0.15) is 4.99 Å². The number of furan rings is 1. The van der Waals surface area contributed by atoms with Gasteiger partial charge in [0.1, 0.15) is 17.3 Å². The molecule has 1 unspecified atom stereocenters. The van der Waals surface area contributed by atoms with Crippen molar-refractivity contribution in [1.82, 2.24) is 9.88 Å². The number of fused-ring (bicyclic) bond motifs is 17. The van der Waals surface area contributed by atoms with Gasteiger partial charge in [0, 0.05) is 32.7 Å². The van der Waals surface area contributed by atoms with Gasteiger partial charge in [0.05, 0.1) is 16.4 Å². The van der Waals surface area contributed by atoms with E-state index in [-0.39, 0.29) is 0 Å². The van der Waals surface area contributed by atoms with Gasteiger partial charge in [-0.15, -0.1) is 0 Å². The van der Waals surface area contributed by atoms with E-state index in [0.29, 0.717) is 5.84 Å². The van der Waals surface area contributed by atoms with Crippen molar-refractivity contribution in [3.05, 3.63) is 240 Å². The van der Waals surface area contributed by atoms with Crippen LogP contribution in [0.4, 0.5) is 0 Å². The van der Waals surface area contributed by atoms with Crippen LogP contribution < -0.4 is 5.32 Å². The number of rotatable bonds is 3. The average Bonchev–Trinajstić information content (AvgIpc) is 4.07. The van der Waals surface area contributed by atoms with Crippen molar-refractivity contribution in [2.45, 2.75) is 11.6 Å². The zero-order chi connectivity index (χ0) is 41.2. The molecule has 14 rings (SSSR count). The lowest BCUT2D eigenvalue weighted by molar-refractivity contribution is 0.660. The third-order valence-corrected chi connectivity index (χ3v) is 13.7. The fourth-order valence-electron chi connectivity index (χ4n) is 11.1. The number of para-hydroxylation sites is 1. The molecule has 2 aliphatic carbocycles. The number of hydrogen-bond acceptors (Lipinski definition) is 4. The van der Waals surface area contributed by atoms with Gasteiger partial charge in [0.2, 0.25) is 5.96 Å². The Morgan fingerprint density at radius 3 is 1.76 bits per heavy atom. The molecule has 1 aliphatic heterocycles. The first kappa shape index (κ1) is 34.4. The summed E-state index contributed by atoms with van der Waals surface area (Å²) in [6.45, 7) is 0. The highest BCUT2D eigenvalue weighted by Gasteiger charge is 2.52. The lowest BCUT2D eigenvalue weighted by atomic mass is 9.70. The minimum absolute atomic E-state index is 0.395. The Morgan fingerprint density at radius 2 is 1.03 bits per heavy atom. The summed E-state index contributed by atoms with van der Waals surface area (Å²) in [6.07, 6.45) is -0.395. The molecule has 1 N–H and O–H groups in total. The first-order valence-corrected chi connectivity index (χ1v) is 21.6. The van der Waals surface area contributed by atoms with Crippen molar-refractivity contribution in [2.75, 3.05) is 0 Å². The van der Waals surface area contributed by atoms with Gasteiger partial charge in [-0.3, -0.25) is 4.57 Å². The summed E-state index contributed by atoms with van der Waals surface area (Å²) in [6, 6.07) is 74.2. The predicted octanol–water partition coefficient (Wildman–Crippen LogP) is 13.7. The zero-order valence-corrected chi connectivity index (χ0v) is 34.0. The highest BCUT2D eigenvalue weighted by Crippen LogP contribution is 2.64. The van der Waals surface area contributed by atoms with Crippen molar-refractivity contribution in [2.24, 2.45) is 9.98 Å². The number of aromatic nitrogens is 1. The smallest absolute Gasteiger partial charge is 0.211 e. The van der Waals surface area contributed by atoms with Gasteiger partial charge in [-0.25, -0.2) is 4.99 Å². The molecule has 0 bridgehead atoms. The molecule has 0 saturated carbocycles. The fraction of sp³-hybridized carbons (Fsp3) is 0.0345. The van der Waals surface area contributed by atoms with Gasteiger partial charge in [0.25, 0.3) is 0 Å². The van der Waals surface area contributed by atoms with Crippen LogP contribution in [0.1, 0.15) is 39.5 Å². The molecule has 5 nitrogen and oxygen atoms in total. The van der Waals surface area contributed by atoms with Crippen LogP contribution in [0.15, 0.2) is 221 Å². The van der Waals surface area contributed by atoms with Gasteiger partial charge < -0.3 is 9.73 Å². The van der Waals surface area contributed by atoms with Crippen molar-refractivity contribution >= 4 is 55.5 Å². The molecule has 0 radical (unpaired) electrons. The van der Waals surface area contributed by atoms with E-state index in [1.165, 1.54) is 55.3 Å². The number of hydrogen-bond donors (Lipinski definition) is 1. The summed E-state index contributed by atoms with van der Waals surface area (Å²) in [7, 11) is 0. The maximum absolute atomic E-state index is 6.63. The zero-order valence-electron chi connectivity index (χ0n) is 34.0. The van der Waals surface area contributed by atoms with Gasteiger partial charge >= 0.3 is 0 Å². The molecule has 2 aromatic heterocycles. The van der Waals surface area contributed by atoms with E-state index in [1.54, 1.807) is 0 Å². The average molecular weight is 805 g/mol. The SMILES string of the molecule is c1ccc(-c2ccc3c(c2)oc2cc(C4=NC(c5ccccc5)NC(n5c6ccccc6c6ccc7c(c65)-c5ccccc5C75c6ccccc6-c6ccccc65)=N4)ccc23)cc1. The maximum Gasteiger partial charge on any atom is 0.211 e. The lowest BCUT2D eigenvalue weighted by Crippen LogP contribution is -2.37. The minimum atomic E-state index is -0.473. The lowest BCUT2D eigenvalue weighted by Gasteiger charge is -2.30. The van der Waals surface area contributed by atoms with Crippen LogP contribution in [0.3, 0.4) is 0 Å². The number of nitrogens with zero attached hydrogens (tertiary/aromatic N) is 3. The van der Waals surface area contributed by atoms with Gasteiger partial charge in [-0.1, -0.05) is 176 Å². The Hall–Kier alpha value is -8.28. The Kier molecular flexibility index (Phi) is 7.03. The molecule has 1 spiro atoms. The summed E-state index contributed by atoms with van der Waals surface area (Å²) < 4.78 is 8.99. The molecule has 63 heavy (non-hydrogen) atoms. The maximum atomic E-state index is 6.63. The van der Waals surface area contributed by atoms with E-state index in [1.807, 2.05) is 12.1 Å². The topological polar surface area (TPSA) is 54.8 Å². The first-order chi connectivity index (χ1) is 31.2. The van der Waals surface area contributed by atoms with E-state index >= 15 is 0 Å². The van der Waals surface area contributed by atoms with E-state index in [9.17, 15) is 0 Å². The summed E-state index contributed by atoms with van der Waals surface area (Å²) in [5.41, 5.74) is 17.9. The molecule has 1 atom stereocenters. The van der Waals surface area contributed by atoms with E-state index in [2.05, 4.69) is 204 Å². The largest absolute Gasteiger partial charge is 0.456 e. The molecule has 0 saturated heterocycles. The van der Waals surface area contributed by atoms with Crippen molar-refractivity contribution < 1.29 is 4.42 Å². The van der Waals surface area contributed by atoms with Crippen LogP contribution in [0, 0.1) is 0 Å². The summed E-state index contributed by atoms with van der Waals surface area (Å²) in [5.74, 6) is 1.36. The third kappa shape index (κ3) is 4.71. The fourth-order valence-corrected chi connectivity index (χ4v) is 11.1. The molecule has 11 aromatic rings. The summed E-state index contributed by atoms with van der Waals surface area (Å²) >= 11 is 0. The highest BCUT2D eigenvalue weighted by molar-refractivity contribution is 6.22. The van der Waals surface area contributed by atoms with Crippen LogP contribution in [-0.2, 0) is 5.41 Å². The summed E-state index contributed by atoms with van der Waals surface area (Å²) in [5, 5.41) is 8.34. The number of aliphatic imine (C=N–C) groups is 2. The molecule has 294 valence electrons. The monoisotopic (exact) mass is 804 g/mol. The molecule has 9 aromatic carbocycles. The van der Waals surface area contributed by atoms with E-state index in [0.717, 1.165) is 61.2 Å². The predicted molar refractivity (Wildman–Crippen MR) is 257 cm³/mol. The van der Waals surface area contributed by atoms with E-state index in [4.69, 9.17) is 14.4 Å². The molecule has 3 aliphatic rings.